The van der Waals surface area contributed by atoms with Gasteiger partial charge in [0.05, 0.1) is 0 Å². The molecular formula is C21H21N3O. The summed E-state index contributed by atoms with van der Waals surface area (Å²) in [4.78, 5) is 8.09. The van der Waals surface area contributed by atoms with E-state index in [2.05, 4.69) is 51.7 Å². The number of nitrogens with one attached hydrogen (secondary N) is 1. The zero-order valence-corrected chi connectivity index (χ0v) is 14.0. The molecule has 4 heteroatoms. The Bertz CT molecular complexity index is 790. The van der Waals surface area contributed by atoms with Crippen molar-refractivity contribution in [2.45, 2.75) is 31.5 Å². The molecule has 1 aliphatic carbocycles. The molecule has 0 amide bonds. The summed E-state index contributed by atoms with van der Waals surface area (Å²) in [5.41, 5.74) is 3.68. The molecular weight excluding hydrogens is 310 g/mol. The van der Waals surface area contributed by atoms with E-state index in [1.165, 1.54) is 17.5 Å². The second-order valence-corrected chi connectivity index (χ2v) is 6.42. The van der Waals surface area contributed by atoms with E-state index in [9.17, 15) is 0 Å². The van der Waals surface area contributed by atoms with Crippen molar-refractivity contribution in [2.24, 2.45) is 0 Å². The van der Waals surface area contributed by atoms with Gasteiger partial charge < -0.3 is 10.1 Å². The molecule has 0 unspecified atom stereocenters. The Balaban J connectivity index is 1.27. The SMILES string of the molecule is c1ccc(COc2ccc([C@@H]3C[C@H]3NCc3cncnc3)cc2)cc1. The van der Waals surface area contributed by atoms with Crippen LogP contribution < -0.4 is 10.1 Å². The van der Waals surface area contributed by atoms with Gasteiger partial charge in [0.25, 0.3) is 0 Å². The molecule has 0 bridgehead atoms. The Morgan fingerprint density at radius 2 is 1.68 bits per heavy atom. The van der Waals surface area contributed by atoms with Crippen LogP contribution in [-0.2, 0) is 13.2 Å². The van der Waals surface area contributed by atoms with Gasteiger partial charge in [0, 0.05) is 36.5 Å². The van der Waals surface area contributed by atoms with E-state index in [-0.39, 0.29) is 0 Å². The number of benzene rings is 2. The minimum Gasteiger partial charge on any atom is -0.489 e. The van der Waals surface area contributed by atoms with Gasteiger partial charge in [-0.1, -0.05) is 42.5 Å². The Hall–Kier alpha value is -2.72. The maximum Gasteiger partial charge on any atom is 0.119 e. The molecule has 0 spiro atoms. The lowest BCUT2D eigenvalue weighted by Gasteiger charge is -2.08. The van der Waals surface area contributed by atoms with Crippen molar-refractivity contribution < 1.29 is 4.74 Å². The molecule has 2 aromatic carbocycles. The van der Waals surface area contributed by atoms with E-state index in [4.69, 9.17) is 4.74 Å². The summed E-state index contributed by atoms with van der Waals surface area (Å²) in [6, 6.07) is 19.3. The number of nitrogens with zero attached hydrogens (tertiary/aromatic N) is 2. The Labute approximate surface area is 147 Å². The van der Waals surface area contributed by atoms with Crippen LogP contribution in [0.1, 0.15) is 29.0 Å². The molecule has 3 aromatic rings. The fourth-order valence-electron chi connectivity index (χ4n) is 3.01. The molecule has 1 heterocycles. The standard InChI is InChI=1S/C21H21N3O/c1-2-4-16(5-3-1)14-25-19-8-6-18(7-9-19)20-10-21(20)24-13-17-11-22-15-23-12-17/h1-9,11-12,15,20-21,24H,10,13-14H2/t20-,21+/m0/s1. The van der Waals surface area contributed by atoms with Crippen molar-refractivity contribution in [2.75, 3.05) is 0 Å². The quantitative estimate of drug-likeness (QED) is 0.717. The fraction of sp³-hybridized carbons (Fsp3) is 0.238. The summed E-state index contributed by atoms with van der Waals surface area (Å²) in [5, 5.41) is 3.57. The summed E-state index contributed by atoms with van der Waals surface area (Å²) in [6.07, 6.45) is 6.45. The Morgan fingerprint density at radius 3 is 2.44 bits per heavy atom. The molecule has 4 nitrogen and oxygen atoms in total. The van der Waals surface area contributed by atoms with Gasteiger partial charge in [0.15, 0.2) is 0 Å². The molecule has 2 atom stereocenters. The van der Waals surface area contributed by atoms with Crippen LogP contribution in [0.3, 0.4) is 0 Å². The van der Waals surface area contributed by atoms with E-state index in [0.29, 0.717) is 18.6 Å². The lowest BCUT2D eigenvalue weighted by molar-refractivity contribution is 0.306. The highest BCUT2D eigenvalue weighted by molar-refractivity contribution is 5.34. The van der Waals surface area contributed by atoms with Crippen molar-refractivity contribution in [3.8, 4) is 5.75 Å². The van der Waals surface area contributed by atoms with Crippen LogP contribution in [0.25, 0.3) is 0 Å². The van der Waals surface area contributed by atoms with Crippen LogP contribution >= 0.6 is 0 Å². The van der Waals surface area contributed by atoms with E-state index >= 15 is 0 Å². The van der Waals surface area contributed by atoms with Gasteiger partial charge in [0.2, 0.25) is 0 Å². The number of aromatic nitrogens is 2. The highest BCUT2D eigenvalue weighted by Crippen LogP contribution is 2.41. The maximum absolute atomic E-state index is 5.85. The molecule has 0 saturated heterocycles. The van der Waals surface area contributed by atoms with Gasteiger partial charge >= 0.3 is 0 Å². The van der Waals surface area contributed by atoms with Crippen LogP contribution in [-0.4, -0.2) is 16.0 Å². The molecule has 126 valence electrons. The van der Waals surface area contributed by atoms with Gasteiger partial charge in [-0.15, -0.1) is 0 Å². The van der Waals surface area contributed by atoms with Gasteiger partial charge in [0.1, 0.15) is 18.7 Å². The summed E-state index contributed by atoms with van der Waals surface area (Å²) < 4.78 is 5.85. The van der Waals surface area contributed by atoms with Crippen molar-refractivity contribution >= 4 is 0 Å². The third-order valence-corrected chi connectivity index (χ3v) is 4.53. The van der Waals surface area contributed by atoms with Crippen LogP contribution in [0, 0.1) is 0 Å². The zero-order valence-electron chi connectivity index (χ0n) is 14.0. The first-order valence-electron chi connectivity index (χ1n) is 8.62. The van der Waals surface area contributed by atoms with Crippen molar-refractivity contribution in [3.05, 3.63) is 90.0 Å². The lowest BCUT2D eigenvalue weighted by atomic mass is 10.1. The first-order valence-corrected chi connectivity index (χ1v) is 8.62. The molecule has 1 aliphatic rings. The van der Waals surface area contributed by atoms with Gasteiger partial charge in [-0.3, -0.25) is 0 Å². The normalized spacial score (nSPS) is 18.7. The van der Waals surface area contributed by atoms with E-state index < -0.39 is 0 Å². The molecule has 1 N–H and O–H groups in total. The van der Waals surface area contributed by atoms with Gasteiger partial charge in [-0.2, -0.15) is 0 Å². The van der Waals surface area contributed by atoms with E-state index in [1.54, 1.807) is 6.33 Å². The van der Waals surface area contributed by atoms with Crippen LogP contribution in [0.4, 0.5) is 0 Å². The molecule has 25 heavy (non-hydrogen) atoms. The van der Waals surface area contributed by atoms with Crippen LogP contribution in [0.2, 0.25) is 0 Å². The summed E-state index contributed by atoms with van der Waals surface area (Å²) >= 11 is 0. The predicted molar refractivity (Wildman–Crippen MR) is 97.2 cm³/mol. The predicted octanol–water partition coefficient (Wildman–Crippen LogP) is 3.70. The Kier molecular flexibility index (Phi) is 4.70. The highest BCUT2D eigenvalue weighted by atomic mass is 16.5. The number of hydrogen-bond donors (Lipinski definition) is 1. The van der Waals surface area contributed by atoms with E-state index in [1.807, 2.05) is 30.6 Å². The van der Waals surface area contributed by atoms with Crippen LogP contribution in [0.15, 0.2) is 73.3 Å². The summed E-state index contributed by atoms with van der Waals surface area (Å²) in [5.74, 6) is 1.51. The minimum atomic E-state index is 0.538. The summed E-state index contributed by atoms with van der Waals surface area (Å²) in [6.45, 7) is 1.42. The van der Waals surface area contributed by atoms with Gasteiger partial charge in [-0.25, -0.2) is 9.97 Å². The lowest BCUT2D eigenvalue weighted by Crippen LogP contribution is -2.17. The fourth-order valence-corrected chi connectivity index (χ4v) is 3.01. The minimum absolute atomic E-state index is 0.538. The smallest absolute Gasteiger partial charge is 0.119 e. The molecule has 1 fully saturated rings. The van der Waals surface area contributed by atoms with E-state index in [0.717, 1.165) is 17.9 Å². The maximum atomic E-state index is 5.85. The van der Waals surface area contributed by atoms with Crippen molar-refractivity contribution in [1.29, 1.82) is 0 Å². The monoisotopic (exact) mass is 331 g/mol. The molecule has 1 aromatic heterocycles. The topological polar surface area (TPSA) is 47.0 Å². The van der Waals surface area contributed by atoms with Crippen molar-refractivity contribution in [3.63, 3.8) is 0 Å². The first-order chi connectivity index (χ1) is 12.4. The largest absolute Gasteiger partial charge is 0.489 e. The third-order valence-electron chi connectivity index (χ3n) is 4.53. The van der Waals surface area contributed by atoms with Crippen LogP contribution in [0.5, 0.6) is 5.75 Å². The summed E-state index contributed by atoms with van der Waals surface area (Å²) in [7, 11) is 0. The Morgan fingerprint density at radius 1 is 0.920 bits per heavy atom. The molecule has 0 aliphatic heterocycles. The zero-order chi connectivity index (χ0) is 16.9. The number of rotatable bonds is 7. The second kappa shape index (κ2) is 7.45. The molecule has 1 saturated carbocycles. The average Bonchev–Trinajstić information content (AvgIpc) is 3.47. The number of hydrogen-bond acceptors (Lipinski definition) is 4. The second-order valence-electron chi connectivity index (χ2n) is 6.42. The number of ether oxygens (including phenoxy) is 1. The van der Waals surface area contributed by atoms with Crippen molar-refractivity contribution in [1.82, 2.24) is 15.3 Å². The van der Waals surface area contributed by atoms with Gasteiger partial charge in [-0.05, 0) is 29.7 Å². The molecule has 0 radical (unpaired) electrons. The molecule has 4 rings (SSSR count). The third kappa shape index (κ3) is 4.22. The average molecular weight is 331 g/mol. The first kappa shape index (κ1) is 15.8. The highest BCUT2D eigenvalue weighted by Gasteiger charge is 2.37.